The molecule has 9 heteroatoms. The monoisotopic (exact) mass is 403 g/mol. The molecule has 1 aliphatic carbocycles. The van der Waals surface area contributed by atoms with Crippen LogP contribution < -0.4 is 5.32 Å². The molecule has 0 unspecified atom stereocenters. The zero-order chi connectivity index (χ0) is 20.6. The summed E-state index contributed by atoms with van der Waals surface area (Å²) in [6.45, 7) is 3.06. The van der Waals surface area contributed by atoms with Crippen LogP contribution in [0.25, 0.3) is 0 Å². The molecule has 3 rings (SSSR count). The Bertz CT molecular complexity index is 762. The fraction of sp³-hybridized carbons (Fsp3) is 0.600. The highest BCUT2D eigenvalue weighted by Crippen LogP contribution is 2.29. The van der Waals surface area contributed by atoms with E-state index in [4.69, 9.17) is 9.26 Å². The smallest absolute Gasteiger partial charge is 0.226 e. The first-order valence-corrected chi connectivity index (χ1v) is 10.1. The number of carbonyl (C=O) groups is 2. The summed E-state index contributed by atoms with van der Waals surface area (Å²) in [6, 6.07) is 3.44. The molecule has 0 aromatic carbocycles. The van der Waals surface area contributed by atoms with Gasteiger partial charge in [0.05, 0.1) is 25.1 Å². The second kappa shape index (κ2) is 10.2. The van der Waals surface area contributed by atoms with E-state index in [1.54, 1.807) is 30.3 Å². The summed E-state index contributed by atoms with van der Waals surface area (Å²) in [5.41, 5.74) is 1.49. The Kier molecular flexibility index (Phi) is 7.40. The van der Waals surface area contributed by atoms with Crippen molar-refractivity contribution in [1.82, 2.24) is 25.6 Å². The van der Waals surface area contributed by atoms with Gasteiger partial charge in [0.1, 0.15) is 12.0 Å². The number of hydrogen-bond acceptors (Lipinski definition) is 6. The zero-order valence-electron chi connectivity index (χ0n) is 17.0. The molecule has 2 N–H and O–H groups in total. The highest BCUT2D eigenvalue weighted by atomic mass is 16.5. The van der Waals surface area contributed by atoms with E-state index in [9.17, 15) is 9.59 Å². The van der Waals surface area contributed by atoms with Crippen molar-refractivity contribution in [2.75, 3.05) is 13.7 Å². The number of aromatic amines is 1. The van der Waals surface area contributed by atoms with Crippen LogP contribution in [0.2, 0.25) is 0 Å². The zero-order valence-corrected chi connectivity index (χ0v) is 17.0. The highest BCUT2D eigenvalue weighted by molar-refractivity contribution is 5.79. The van der Waals surface area contributed by atoms with Crippen LogP contribution in [-0.4, -0.2) is 57.9 Å². The molecule has 2 amide bonds. The molecular formula is C20H29N5O4. The van der Waals surface area contributed by atoms with Crippen molar-refractivity contribution >= 4 is 11.8 Å². The molecule has 2 aromatic heterocycles. The number of nitrogens with one attached hydrogen (secondary N) is 2. The maximum absolute atomic E-state index is 12.9. The van der Waals surface area contributed by atoms with Crippen molar-refractivity contribution in [2.24, 2.45) is 5.92 Å². The maximum atomic E-state index is 12.9. The van der Waals surface area contributed by atoms with E-state index >= 15 is 0 Å². The first-order valence-electron chi connectivity index (χ1n) is 10.1. The molecule has 1 aliphatic rings. The molecule has 3 atom stereocenters. The van der Waals surface area contributed by atoms with Crippen LogP contribution in [0, 0.1) is 5.92 Å². The Morgan fingerprint density at radius 2 is 2.24 bits per heavy atom. The fourth-order valence-electron chi connectivity index (χ4n) is 3.74. The van der Waals surface area contributed by atoms with Gasteiger partial charge in [-0.2, -0.15) is 5.10 Å². The van der Waals surface area contributed by atoms with Crippen LogP contribution in [0.3, 0.4) is 0 Å². The van der Waals surface area contributed by atoms with Gasteiger partial charge < -0.3 is 19.5 Å². The standard InChI is InChI=1S/C20H29N5O4/c1-3-9-28-18-11-14(20(27)25(2)13-16-7-10-29-24-16)4-5-17(18)22-19(26)12-15-6-8-21-23-15/h6-8,10,14,17-18H,3-5,9,11-13H2,1-2H3,(H,21,23)(H,22,26)/t14-,17-,18-/m0/s1. The quantitative estimate of drug-likeness (QED) is 0.659. The van der Waals surface area contributed by atoms with Crippen LogP contribution in [-0.2, 0) is 27.3 Å². The van der Waals surface area contributed by atoms with E-state index in [1.165, 1.54) is 6.26 Å². The van der Waals surface area contributed by atoms with Crippen LogP contribution in [0.1, 0.15) is 44.0 Å². The minimum absolute atomic E-state index is 0.0698. The summed E-state index contributed by atoms with van der Waals surface area (Å²) in [5, 5.41) is 13.6. The molecule has 158 valence electrons. The van der Waals surface area contributed by atoms with Gasteiger partial charge in [-0.25, -0.2) is 0 Å². The molecule has 2 heterocycles. The molecule has 29 heavy (non-hydrogen) atoms. The van der Waals surface area contributed by atoms with Gasteiger partial charge >= 0.3 is 0 Å². The Balaban J connectivity index is 1.56. The minimum Gasteiger partial charge on any atom is -0.376 e. The van der Waals surface area contributed by atoms with Gasteiger partial charge in [-0.05, 0) is 31.7 Å². The second-order valence-corrected chi connectivity index (χ2v) is 7.54. The topological polar surface area (TPSA) is 113 Å². The van der Waals surface area contributed by atoms with Gasteiger partial charge in [-0.15, -0.1) is 0 Å². The summed E-state index contributed by atoms with van der Waals surface area (Å²) in [6.07, 6.45) is 6.10. The van der Waals surface area contributed by atoms with Gasteiger partial charge in [0, 0.05) is 37.5 Å². The Labute approximate surface area is 170 Å². The molecule has 0 radical (unpaired) electrons. The van der Waals surface area contributed by atoms with Crippen LogP contribution in [0.5, 0.6) is 0 Å². The molecule has 0 bridgehead atoms. The number of carbonyl (C=O) groups excluding carboxylic acids is 2. The second-order valence-electron chi connectivity index (χ2n) is 7.54. The Morgan fingerprint density at radius 3 is 2.93 bits per heavy atom. The molecule has 1 fully saturated rings. The van der Waals surface area contributed by atoms with Crippen LogP contribution in [0.15, 0.2) is 29.1 Å². The van der Waals surface area contributed by atoms with E-state index < -0.39 is 0 Å². The molecule has 0 spiro atoms. The summed E-state index contributed by atoms with van der Waals surface area (Å²) < 4.78 is 10.8. The summed E-state index contributed by atoms with van der Waals surface area (Å²) in [4.78, 5) is 27.0. The van der Waals surface area contributed by atoms with Crippen molar-refractivity contribution in [2.45, 2.75) is 57.7 Å². The number of H-pyrrole nitrogens is 1. The first-order chi connectivity index (χ1) is 14.1. The minimum atomic E-state index is -0.177. The lowest BCUT2D eigenvalue weighted by Crippen LogP contribution is -2.50. The average Bonchev–Trinajstić information content (AvgIpc) is 3.40. The summed E-state index contributed by atoms with van der Waals surface area (Å²) in [5.74, 6) is -0.132. The van der Waals surface area contributed by atoms with E-state index in [-0.39, 0.29) is 36.3 Å². The SMILES string of the molecule is CCCO[C@H]1C[C@@H](C(=O)N(C)Cc2ccon2)CC[C@@H]1NC(=O)Cc1ccn[nH]1. The van der Waals surface area contributed by atoms with E-state index in [2.05, 4.69) is 20.7 Å². The molecule has 1 saturated carbocycles. The lowest BCUT2D eigenvalue weighted by atomic mass is 9.82. The largest absolute Gasteiger partial charge is 0.376 e. The molecule has 9 nitrogen and oxygen atoms in total. The van der Waals surface area contributed by atoms with Crippen LogP contribution in [0.4, 0.5) is 0 Å². The summed E-state index contributed by atoms with van der Waals surface area (Å²) >= 11 is 0. The first kappa shape index (κ1) is 21.0. The van der Waals surface area contributed by atoms with Gasteiger partial charge in [0.2, 0.25) is 11.8 Å². The van der Waals surface area contributed by atoms with Crippen molar-refractivity contribution in [3.8, 4) is 0 Å². The van der Waals surface area contributed by atoms with Crippen molar-refractivity contribution in [1.29, 1.82) is 0 Å². The number of amides is 2. The predicted molar refractivity (Wildman–Crippen MR) is 105 cm³/mol. The molecule has 0 saturated heterocycles. The number of nitrogens with zero attached hydrogens (tertiary/aromatic N) is 3. The fourth-order valence-corrected chi connectivity index (χ4v) is 3.74. The summed E-state index contributed by atoms with van der Waals surface area (Å²) in [7, 11) is 1.77. The predicted octanol–water partition coefficient (Wildman–Crippen LogP) is 1.68. The Hall–Kier alpha value is -2.68. The third-order valence-electron chi connectivity index (χ3n) is 5.20. The van der Waals surface area contributed by atoms with Crippen molar-refractivity contribution < 1.29 is 18.8 Å². The van der Waals surface area contributed by atoms with Crippen LogP contribution >= 0.6 is 0 Å². The maximum Gasteiger partial charge on any atom is 0.226 e. The van der Waals surface area contributed by atoms with E-state index in [0.29, 0.717) is 32.4 Å². The lowest BCUT2D eigenvalue weighted by Gasteiger charge is -2.37. The van der Waals surface area contributed by atoms with Crippen molar-refractivity contribution in [3.05, 3.63) is 36.0 Å². The number of aromatic nitrogens is 3. The Morgan fingerprint density at radius 1 is 1.38 bits per heavy atom. The third-order valence-corrected chi connectivity index (χ3v) is 5.20. The average molecular weight is 403 g/mol. The van der Waals surface area contributed by atoms with Gasteiger partial charge in [-0.3, -0.25) is 14.7 Å². The molecule has 2 aromatic rings. The van der Waals surface area contributed by atoms with E-state index in [1.807, 2.05) is 6.92 Å². The van der Waals surface area contributed by atoms with Crippen molar-refractivity contribution in [3.63, 3.8) is 0 Å². The van der Waals surface area contributed by atoms with Gasteiger partial charge in [0.25, 0.3) is 0 Å². The van der Waals surface area contributed by atoms with Gasteiger partial charge in [-0.1, -0.05) is 12.1 Å². The molecular weight excluding hydrogens is 374 g/mol. The third kappa shape index (κ3) is 5.90. The highest BCUT2D eigenvalue weighted by Gasteiger charge is 2.36. The lowest BCUT2D eigenvalue weighted by molar-refractivity contribution is -0.138. The number of rotatable bonds is 9. The number of ether oxygens (including phenoxy) is 1. The molecule has 0 aliphatic heterocycles. The number of hydrogen-bond donors (Lipinski definition) is 2. The normalized spacial score (nSPS) is 21.7. The van der Waals surface area contributed by atoms with E-state index in [0.717, 1.165) is 17.8 Å². The van der Waals surface area contributed by atoms with Gasteiger partial charge in [0.15, 0.2) is 0 Å².